The van der Waals surface area contributed by atoms with Crippen LogP contribution in [0.1, 0.15) is 19.8 Å². The lowest BCUT2D eigenvalue weighted by Crippen LogP contribution is -2.40. The van der Waals surface area contributed by atoms with Crippen LogP contribution in [0.4, 0.5) is 0 Å². The zero-order chi connectivity index (χ0) is 10.5. The van der Waals surface area contributed by atoms with Gasteiger partial charge in [0.05, 0.1) is 0 Å². The van der Waals surface area contributed by atoms with Crippen LogP contribution in [0.15, 0.2) is 0 Å². The molecule has 0 spiro atoms. The van der Waals surface area contributed by atoms with E-state index >= 15 is 0 Å². The second kappa shape index (κ2) is 7.80. The zero-order valence-corrected chi connectivity index (χ0v) is 11.9. The van der Waals surface area contributed by atoms with Gasteiger partial charge in [-0.25, -0.2) is 0 Å². The highest BCUT2D eigenvalue weighted by atomic mass is 35.5. The van der Waals surface area contributed by atoms with Crippen LogP contribution in [0.2, 0.25) is 0 Å². The SMILES string of the molecule is CC1CSCCN(CC2CCCNC2)C1.Cl. The first-order valence-electron chi connectivity index (χ1n) is 6.35. The van der Waals surface area contributed by atoms with Gasteiger partial charge >= 0.3 is 0 Å². The van der Waals surface area contributed by atoms with Crippen molar-refractivity contribution < 1.29 is 0 Å². The Balaban J connectivity index is 0.00000128. The summed E-state index contributed by atoms with van der Waals surface area (Å²) in [4.78, 5) is 2.70. The van der Waals surface area contributed by atoms with Crippen molar-refractivity contribution in [2.24, 2.45) is 11.8 Å². The topological polar surface area (TPSA) is 15.3 Å². The van der Waals surface area contributed by atoms with Gasteiger partial charge in [-0.05, 0) is 43.5 Å². The third kappa shape index (κ3) is 4.82. The fourth-order valence-corrected chi connectivity index (χ4v) is 3.74. The van der Waals surface area contributed by atoms with Crippen molar-refractivity contribution in [2.45, 2.75) is 19.8 Å². The van der Waals surface area contributed by atoms with E-state index in [9.17, 15) is 0 Å². The summed E-state index contributed by atoms with van der Waals surface area (Å²) in [6.07, 6.45) is 2.81. The van der Waals surface area contributed by atoms with Crippen LogP contribution >= 0.6 is 24.2 Å². The molecule has 96 valence electrons. The Morgan fingerprint density at radius 2 is 2.31 bits per heavy atom. The number of thioether (sulfide) groups is 1. The summed E-state index contributed by atoms with van der Waals surface area (Å²) in [5.74, 6) is 4.49. The monoisotopic (exact) mass is 264 g/mol. The van der Waals surface area contributed by atoms with Crippen LogP contribution in [0.25, 0.3) is 0 Å². The summed E-state index contributed by atoms with van der Waals surface area (Å²) in [7, 11) is 0. The average Bonchev–Trinajstić information content (AvgIpc) is 2.44. The molecule has 2 fully saturated rings. The first-order chi connectivity index (χ1) is 7.34. The van der Waals surface area contributed by atoms with Crippen LogP contribution in [0, 0.1) is 11.8 Å². The molecule has 0 aromatic carbocycles. The zero-order valence-electron chi connectivity index (χ0n) is 10.3. The van der Waals surface area contributed by atoms with Gasteiger partial charge < -0.3 is 10.2 Å². The van der Waals surface area contributed by atoms with Gasteiger partial charge in [-0.2, -0.15) is 11.8 Å². The maximum absolute atomic E-state index is 3.52. The number of nitrogens with zero attached hydrogens (tertiary/aromatic N) is 1. The Morgan fingerprint density at radius 1 is 1.44 bits per heavy atom. The van der Waals surface area contributed by atoms with Gasteiger partial charge in [-0.3, -0.25) is 0 Å². The lowest BCUT2D eigenvalue weighted by Gasteiger charge is -2.30. The standard InChI is InChI=1S/C12H24N2S.ClH/c1-11-8-14(5-6-15-10-11)9-12-3-2-4-13-7-12;/h11-13H,2-10H2,1H3;1H. The highest BCUT2D eigenvalue weighted by Crippen LogP contribution is 2.18. The van der Waals surface area contributed by atoms with Crippen molar-refractivity contribution in [3.05, 3.63) is 0 Å². The molecule has 0 aromatic rings. The molecular formula is C12H25ClN2S. The van der Waals surface area contributed by atoms with E-state index < -0.39 is 0 Å². The highest BCUT2D eigenvalue weighted by Gasteiger charge is 2.20. The molecular weight excluding hydrogens is 240 g/mol. The minimum Gasteiger partial charge on any atom is -0.316 e. The molecule has 0 radical (unpaired) electrons. The van der Waals surface area contributed by atoms with E-state index in [4.69, 9.17) is 0 Å². The average molecular weight is 265 g/mol. The Kier molecular flexibility index (Phi) is 7.13. The molecule has 4 heteroatoms. The van der Waals surface area contributed by atoms with Gasteiger partial charge in [0.15, 0.2) is 0 Å². The fourth-order valence-electron chi connectivity index (χ4n) is 2.67. The van der Waals surface area contributed by atoms with Crippen LogP contribution in [0.3, 0.4) is 0 Å². The van der Waals surface area contributed by atoms with Crippen LogP contribution in [-0.2, 0) is 0 Å². The predicted octanol–water partition coefficient (Wildman–Crippen LogP) is 2.09. The van der Waals surface area contributed by atoms with Gasteiger partial charge in [0.2, 0.25) is 0 Å². The molecule has 2 aliphatic rings. The molecule has 2 nitrogen and oxygen atoms in total. The smallest absolute Gasteiger partial charge is 0.00726 e. The van der Waals surface area contributed by atoms with Crippen molar-refractivity contribution in [2.75, 3.05) is 44.2 Å². The summed E-state index contributed by atoms with van der Waals surface area (Å²) in [6.45, 7) is 8.85. The first kappa shape index (κ1) is 14.6. The summed E-state index contributed by atoms with van der Waals surface area (Å²) in [5.41, 5.74) is 0. The van der Waals surface area contributed by atoms with Gasteiger partial charge in [0.25, 0.3) is 0 Å². The van der Waals surface area contributed by atoms with E-state index in [-0.39, 0.29) is 12.4 Å². The van der Waals surface area contributed by atoms with E-state index in [1.165, 1.54) is 57.1 Å². The molecule has 0 saturated carbocycles. The van der Waals surface area contributed by atoms with Gasteiger partial charge in [0.1, 0.15) is 0 Å². The van der Waals surface area contributed by atoms with Crippen molar-refractivity contribution in [3.8, 4) is 0 Å². The number of rotatable bonds is 2. The second-order valence-electron chi connectivity index (χ2n) is 5.15. The van der Waals surface area contributed by atoms with E-state index in [0.29, 0.717) is 0 Å². The van der Waals surface area contributed by atoms with Crippen molar-refractivity contribution >= 4 is 24.2 Å². The Labute approximate surface area is 110 Å². The Morgan fingerprint density at radius 3 is 3.06 bits per heavy atom. The summed E-state index contributed by atoms with van der Waals surface area (Å²) < 4.78 is 0. The predicted molar refractivity (Wildman–Crippen MR) is 75.8 cm³/mol. The normalized spacial score (nSPS) is 32.8. The molecule has 2 unspecified atom stereocenters. The Hall–Kier alpha value is 0.560. The van der Waals surface area contributed by atoms with E-state index in [2.05, 4.69) is 28.9 Å². The number of nitrogens with one attached hydrogen (secondary N) is 1. The van der Waals surface area contributed by atoms with Crippen molar-refractivity contribution in [1.82, 2.24) is 10.2 Å². The van der Waals surface area contributed by atoms with Crippen LogP contribution < -0.4 is 5.32 Å². The molecule has 0 amide bonds. The number of piperidine rings is 1. The minimum absolute atomic E-state index is 0. The number of halogens is 1. The third-order valence-corrected chi connectivity index (χ3v) is 4.72. The molecule has 2 atom stereocenters. The lowest BCUT2D eigenvalue weighted by atomic mass is 9.98. The number of hydrogen-bond acceptors (Lipinski definition) is 3. The minimum atomic E-state index is 0. The molecule has 1 N–H and O–H groups in total. The van der Waals surface area contributed by atoms with Crippen LogP contribution in [-0.4, -0.2) is 49.1 Å². The molecule has 16 heavy (non-hydrogen) atoms. The molecule has 2 saturated heterocycles. The maximum Gasteiger partial charge on any atom is 0.00726 e. The van der Waals surface area contributed by atoms with Gasteiger partial charge in [-0.15, -0.1) is 12.4 Å². The maximum atomic E-state index is 3.52. The first-order valence-corrected chi connectivity index (χ1v) is 7.51. The molecule has 2 heterocycles. The molecule has 2 rings (SSSR count). The summed E-state index contributed by atoms with van der Waals surface area (Å²) in [6, 6.07) is 0. The molecule has 0 bridgehead atoms. The highest BCUT2D eigenvalue weighted by molar-refractivity contribution is 7.99. The lowest BCUT2D eigenvalue weighted by molar-refractivity contribution is 0.203. The fraction of sp³-hybridized carbons (Fsp3) is 1.00. The summed E-state index contributed by atoms with van der Waals surface area (Å²) in [5, 5.41) is 3.52. The van der Waals surface area contributed by atoms with Crippen molar-refractivity contribution in [3.63, 3.8) is 0 Å². The van der Waals surface area contributed by atoms with E-state index in [1.54, 1.807) is 0 Å². The Bertz CT molecular complexity index is 186. The molecule has 2 aliphatic heterocycles. The summed E-state index contributed by atoms with van der Waals surface area (Å²) >= 11 is 2.13. The quantitative estimate of drug-likeness (QED) is 0.822. The van der Waals surface area contributed by atoms with E-state index in [1.807, 2.05) is 0 Å². The van der Waals surface area contributed by atoms with E-state index in [0.717, 1.165) is 11.8 Å². The van der Waals surface area contributed by atoms with Crippen molar-refractivity contribution in [1.29, 1.82) is 0 Å². The van der Waals surface area contributed by atoms with Crippen LogP contribution in [0.5, 0.6) is 0 Å². The third-order valence-electron chi connectivity index (χ3n) is 3.44. The molecule has 0 aromatic heterocycles. The van der Waals surface area contributed by atoms with Gasteiger partial charge in [-0.1, -0.05) is 6.92 Å². The largest absolute Gasteiger partial charge is 0.316 e. The molecule has 0 aliphatic carbocycles. The van der Waals surface area contributed by atoms with Gasteiger partial charge in [0, 0.05) is 25.4 Å². The number of hydrogen-bond donors (Lipinski definition) is 1. The second-order valence-corrected chi connectivity index (χ2v) is 6.30.